The predicted octanol–water partition coefficient (Wildman–Crippen LogP) is 1.32. The van der Waals surface area contributed by atoms with Crippen LogP contribution in [0.1, 0.15) is 49.5 Å². The maximum absolute atomic E-state index is 12.6. The average Bonchev–Trinajstić information content (AvgIpc) is 2.90. The number of hydrogen-bond donors (Lipinski definition) is 1. The first-order chi connectivity index (χ1) is 12.6. The van der Waals surface area contributed by atoms with E-state index in [1.807, 2.05) is 4.90 Å². The van der Waals surface area contributed by atoms with E-state index in [0.717, 1.165) is 44.8 Å². The first-order valence-corrected chi connectivity index (χ1v) is 9.69. The fourth-order valence-electron chi connectivity index (χ4n) is 3.68. The summed E-state index contributed by atoms with van der Waals surface area (Å²) < 4.78 is 0. The Morgan fingerprint density at radius 1 is 1.12 bits per heavy atom. The number of aromatic nitrogens is 2. The Morgan fingerprint density at radius 2 is 1.92 bits per heavy atom. The van der Waals surface area contributed by atoms with E-state index in [2.05, 4.69) is 27.1 Å². The predicted molar refractivity (Wildman–Crippen MR) is 98.6 cm³/mol. The summed E-state index contributed by atoms with van der Waals surface area (Å²) in [7, 11) is 0. The quantitative estimate of drug-likeness (QED) is 0.877. The van der Waals surface area contributed by atoms with Gasteiger partial charge in [0.25, 0.3) is 5.91 Å². The van der Waals surface area contributed by atoms with Crippen molar-refractivity contribution in [1.82, 2.24) is 25.1 Å². The molecule has 0 saturated carbocycles. The number of likely N-dealkylation sites (tertiary alicyclic amines) is 2. The van der Waals surface area contributed by atoms with Gasteiger partial charge in [-0.25, -0.2) is 4.98 Å². The first kappa shape index (κ1) is 18.8. The highest BCUT2D eigenvalue weighted by Gasteiger charge is 2.25. The number of rotatable bonds is 4. The van der Waals surface area contributed by atoms with E-state index in [-0.39, 0.29) is 17.9 Å². The van der Waals surface area contributed by atoms with Gasteiger partial charge in [-0.2, -0.15) is 0 Å². The van der Waals surface area contributed by atoms with Crippen LogP contribution in [0.25, 0.3) is 0 Å². The van der Waals surface area contributed by atoms with E-state index in [1.165, 1.54) is 25.2 Å². The van der Waals surface area contributed by atoms with Crippen molar-refractivity contribution in [3.05, 3.63) is 24.3 Å². The van der Waals surface area contributed by atoms with E-state index >= 15 is 0 Å². The van der Waals surface area contributed by atoms with Crippen LogP contribution in [0.15, 0.2) is 18.6 Å². The molecule has 1 N–H and O–H groups in total. The van der Waals surface area contributed by atoms with Crippen LogP contribution < -0.4 is 5.32 Å². The van der Waals surface area contributed by atoms with E-state index in [9.17, 15) is 9.59 Å². The minimum atomic E-state index is -0.190. The second-order valence-corrected chi connectivity index (χ2v) is 7.53. The molecule has 7 nitrogen and oxygen atoms in total. The van der Waals surface area contributed by atoms with Gasteiger partial charge < -0.3 is 10.2 Å². The van der Waals surface area contributed by atoms with Gasteiger partial charge in [-0.1, -0.05) is 6.92 Å². The van der Waals surface area contributed by atoms with Crippen LogP contribution in [0.3, 0.4) is 0 Å². The molecular weight excluding hydrogens is 330 g/mol. The SMILES string of the molecule is CC1CCN(CC(=O)N2CCC[C@@H](NC(=O)c3cnccn3)CC2)CC1. The summed E-state index contributed by atoms with van der Waals surface area (Å²) in [4.78, 5) is 37.1. The molecule has 1 atom stereocenters. The lowest BCUT2D eigenvalue weighted by atomic mass is 9.99. The van der Waals surface area contributed by atoms with Crippen molar-refractivity contribution in [1.29, 1.82) is 0 Å². The van der Waals surface area contributed by atoms with Crippen LogP contribution in [0.5, 0.6) is 0 Å². The van der Waals surface area contributed by atoms with Crippen molar-refractivity contribution in [3.8, 4) is 0 Å². The molecule has 26 heavy (non-hydrogen) atoms. The Kier molecular flexibility index (Phi) is 6.55. The van der Waals surface area contributed by atoms with Gasteiger partial charge in [-0.3, -0.25) is 19.5 Å². The maximum Gasteiger partial charge on any atom is 0.271 e. The summed E-state index contributed by atoms with van der Waals surface area (Å²) in [5.74, 6) is 0.809. The van der Waals surface area contributed by atoms with Gasteiger partial charge in [0.15, 0.2) is 0 Å². The lowest BCUT2D eigenvalue weighted by molar-refractivity contribution is -0.132. The lowest BCUT2D eigenvalue weighted by Crippen LogP contribution is -2.44. The number of nitrogens with one attached hydrogen (secondary N) is 1. The van der Waals surface area contributed by atoms with E-state index in [4.69, 9.17) is 0 Å². The minimum Gasteiger partial charge on any atom is -0.348 e. The van der Waals surface area contributed by atoms with E-state index < -0.39 is 0 Å². The van der Waals surface area contributed by atoms with Crippen molar-refractivity contribution >= 4 is 11.8 Å². The highest BCUT2D eigenvalue weighted by molar-refractivity contribution is 5.92. The molecule has 1 aromatic heterocycles. The molecule has 7 heteroatoms. The Labute approximate surface area is 155 Å². The molecule has 2 aliphatic rings. The molecule has 3 heterocycles. The Balaban J connectivity index is 1.45. The molecule has 0 bridgehead atoms. The molecule has 142 valence electrons. The third-order valence-corrected chi connectivity index (χ3v) is 5.45. The summed E-state index contributed by atoms with van der Waals surface area (Å²) in [5.41, 5.74) is 0.337. The number of carbonyl (C=O) groups excluding carboxylic acids is 2. The molecular formula is C19H29N5O2. The topological polar surface area (TPSA) is 78.4 Å². The maximum atomic E-state index is 12.6. The smallest absolute Gasteiger partial charge is 0.271 e. The number of carbonyl (C=O) groups is 2. The number of amides is 2. The van der Waals surface area contributed by atoms with Gasteiger partial charge in [0.1, 0.15) is 5.69 Å². The summed E-state index contributed by atoms with van der Waals surface area (Å²) in [6.45, 7) is 6.34. The molecule has 0 unspecified atom stereocenters. The normalized spacial score (nSPS) is 22.7. The number of nitrogens with zero attached hydrogens (tertiary/aromatic N) is 4. The van der Waals surface area contributed by atoms with Gasteiger partial charge in [0.05, 0.1) is 12.7 Å². The summed E-state index contributed by atoms with van der Waals surface area (Å²) in [6.07, 6.45) is 9.49. The van der Waals surface area contributed by atoms with Gasteiger partial charge in [0, 0.05) is 31.5 Å². The Bertz CT molecular complexity index is 601. The third kappa shape index (κ3) is 5.24. The highest BCUT2D eigenvalue weighted by atomic mass is 16.2. The van der Waals surface area contributed by atoms with Crippen LogP contribution in [-0.2, 0) is 4.79 Å². The van der Waals surface area contributed by atoms with Crippen LogP contribution in [0.2, 0.25) is 0 Å². The standard InChI is InChI=1S/C19H29N5O2/c1-15-4-10-23(11-5-15)14-18(25)24-9-2-3-16(6-12-24)22-19(26)17-13-20-7-8-21-17/h7-8,13,15-16H,2-6,9-12,14H2,1H3,(H,22,26)/t16-/m1/s1. The Hall–Kier alpha value is -2.02. The zero-order valence-corrected chi connectivity index (χ0v) is 15.6. The lowest BCUT2D eigenvalue weighted by Gasteiger charge is -2.31. The molecule has 2 saturated heterocycles. The molecule has 0 radical (unpaired) electrons. The molecule has 2 aliphatic heterocycles. The van der Waals surface area contributed by atoms with Gasteiger partial charge in [-0.05, 0) is 51.1 Å². The highest BCUT2D eigenvalue weighted by Crippen LogP contribution is 2.17. The summed E-state index contributed by atoms with van der Waals surface area (Å²) >= 11 is 0. The molecule has 0 aliphatic carbocycles. The Morgan fingerprint density at radius 3 is 2.65 bits per heavy atom. The zero-order chi connectivity index (χ0) is 18.4. The summed E-state index contributed by atoms with van der Waals surface area (Å²) in [6, 6.07) is 0.0816. The molecule has 0 aromatic carbocycles. The van der Waals surface area contributed by atoms with Gasteiger partial charge in [-0.15, -0.1) is 0 Å². The van der Waals surface area contributed by atoms with E-state index in [1.54, 1.807) is 6.20 Å². The zero-order valence-electron chi connectivity index (χ0n) is 15.6. The van der Waals surface area contributed by atoms with Crippen molar-refractivity contribution in [2.24, 2.45) is 5.92 Å². The molecule has 2 fully saturated rings. The van der Waals surface area contributed by atoms with Crippen molar-refractivity contribution in [2.75, 3.05) is 32.7 Å². The van der Waals surface area contributed by atoms with E-state index in [0.29, 0.717) is 18.8 Å². The monoisotopic (exact) mass is 359 g/mol. The molecule has 1 aromatic rings. The van der Waals surface area contributed by atoms with Crippen molar-refractivity contribution < 1.29 is 9.59 Å². The first-order valence-electron chi connectivity index (χ1n) is 9.69. The third-order valence-electron chi connectivity index (χ3n) is 5.45. The average molecular weight is 359 g/mol. The molecule has 0 spiro atoms. The molecule has 2 amide bonds. The fourth-order valence-corrected chi connectivity index (χ4v) is 3.68. The van der Waals surface area contributed by atoms with Crippen molar-refractivity contribution in [2.45, 2.75) is 45.1 Å². The molecule has 3 rings (SSSR count). The summed E-state index contributed by atoms with van der Waals surface area (Å²) in [5, 5.41) is 3.03. The van der Waals surface area contributed by atoms with Crippen LogP contribution in [0, 0.1) is 5.92 Å². The van der Waals surface area contributed by atoms with Crippen LogP contribution >= 0.6 is 0 Å². The number of hydrogen-bond acceptors (Lipinski definition) is 5. The van der Waals surface area contributed by atoms with Crippen molar-refractivity contribution in [3.63, 3.8) is 0 Å². The second-order valence-electron chi connectivity index (χ2n) is 7.53. The minimum absolute atomic E-state index is 0.0816. The fraction of sp³-hybridized carbons (Fsp3) is 0.684. The second kappa shape index (κ2) is 9.07. The van der Waals surface area contributed by atoms with Crippen LogP contribution in [0.4, 0.5) is 0 Å². The largest absolute Gasteiger partial charge is 0.348 e. The number of piperidine rings is 1. The van der Waals surface area contributed by atoms with Crippen LogP contribution in [-0.4, -0.2) is 70.3 Å². The van der Waals surface area contributed by atoms with Gasteiger partial charge >= 0.3 is 0 Å². The van der Waals surface area contributed by atoms with Gasteiger partial charge in [0.2, 0.25) is 5.91 Å².